The maximum absolute atomic E-state index is 12.1. The maximum atomic E-state index is 12.1. The molecule has 2 atom stereocenters. The number of ether oxygens (including phenoxy) is 1. The van der Waals surface area contributed by atoms with Gasteiger partial charge in [0.2, 0.25) is 0 Å². The van der Waals surface area contributed by atoms with E-state index in [9.17, 15) is 4.79 Å². The van der Waals surface area contributed by atoms with E-state index in [1.807, 2.05) is 0 Å². The van der Waals surface area contributed by atoms with Gasteiger partial charge in [-0.15, -0.1) is 0 Å². The van der Waals surface area contributed by atoms with Crippen molar-refractivity contribution < 1.29 is 9.53 Å². The predicted molar refractivity (Wildman–Crippen MR) is 81.1 cm³/mol. The van der Waals surface area contributed by atoms with E-state index >= 15 is 0 Å². The fourth-order valence-corrected chi connectivity index (χ4v) is 4.11. The number of likely N-dealkylation sites (N-methyl/N-ethyl adjacent to an activating group) is 2. The van der Waals surface area contributed by atoms with Gasteiger partial charge >= 0.3 is 13.0 Å². The number of hydrogen-bond acceptors (Lipinski definition) is 4. The zero-order valence-corrected chi connectivity index (χ0v) is 13.7. The van der Waals surface area contributed by atoms with E-state index in [2.05, 4.69) is 46.6 Å². The molecule has 106 valence electrons. The molecule has 1 heterocycles. The van der Waals surface area contributed by atoms with E-state index in [-0.39, 0.29) is 24.7 Å². The third-order valence-electron chi connectivity index (χ3n) is 4.50. The second kappa shape index (κ2) is 5.98. The number of rotatable bonds is 2. The van der Waals surface area contributed by atoms with Gasteiger partial charge < -0.3 is 14.4 Å². The van der Waals surface area contributed by atoms with Gasteiger partial charge in [0.15, 0.2) is 0 Å². The SMILES string of the molecule is COC(=O)[C@@H]1CCC(C)=C(Br)[C@@H]1B1N(C)CCN1C. The third-order valence-corrected chi connectivity index (χ3v) is 5.70. The molecule has 0 unspecified atom stereocenters. The Morgan fingerprint density at radius 3 is 2.47 bits per heavy atom. The normalized spacial score (nSPS) is 30.1. The summed E-state index contributed by atoms with van der Waals surface area (Å²) in [5, 5.41) is 0. The van der Waals surface area contributed by atoms with Crippen molar-refractivity contribution in [1.82, 2.24) is 9.62 Å². The second-order valence-electron chi connectivity index (χ2n) is 5.70. The summed E-state index contributed by atoms with van der Waals surface area (Å²) >= 11 is 3.74. The highest BCUT2D eigenvalue weighted by atomic mass is 79.9. The lowest BCUT2D eigenvalue weighted by Gasteiger charge is -2.37. The summed E-state index contributed by atoms with van der Waals surface area (Å²) < 4.78 is 6.21. The van der Waals surface area contributed by atoms with Crippen LogP contribution in [-0.2, 0) is 9.53 Å². The minimum atomic E-state index is -0.0804. The Kier molecular flexibility index (Phi) is 4.74. The van der Waals surface area contributed by atoms with Crippen molar-refractivity contribution in [3.8, 4) is 0 Å². The molecule has 0 spiro atoms. The van der Waals surface area contributed by atoms with Crippen molar-refractivity contribution in [2.45, 2.75) is 25.6 Å². The molecule has 19 heavy (non-hydrogen) atoms. The van der Waals surface area contributed by atoms with Gasteiger partial charge in [0, 0.05) is 18.9 Å². The highest BCUT2D eigenvalue weighted by Crippen LogP contribution is 2.46. The lowest BCUT2D eigenvalue weighted by molar-refractivity contribution is -0.145. The fraction of sp³-hybridized carbons (Fsp3) is 0.769. The van der Waals surface area contributed by atoms with Gasteiger partial charge in [-0.25, -0.2) is 0 Å². The highest BCUT2D eigenvalue weighted by molar-refractivity contribution is 9.11. The van der Waals surface area contributed by atoms with Crippen LogP contribution in [0.15, 0.2) is 10.1 Å². The molecular formula is C13H22BBrN2O2. The molecule has 1 fully saturated rings. The van der Waals surface area contributed by atoms with Crippen molar-refractivity contribution in [3.05, 3.63) is 10.1 Å². The predicted octanol–water partition coefficient (Wildman–Crippen LogP) is 1.97. The molecule has 0 N–H and O–H groups in total. The minimum absolute atomic E-state index is 0.0453. The molecule has 0 aromatic heterocycles. The summed E-state index contributed by atoms with van der Waals surface area (Å²) in [6, 6.07) is 0. The van der Waals surface area contributed by atoms with Gasteiger partial charge in [-0.05, 0) is 38.3 Å². The van der Waals surface area contributed by atoms with Crippen LogP contribution in [0.25, 0.3) is 0 Å². The number of nitrogens with zero attached hydrogens (tertiary/aromatic N) is 2. The lowest BCUT2D eigenvalue weighted by Crippen LogP contribution is -2.48. The largest absolute Gasteiger partial charge is 0.469 e. The van der Waals surface area contributed by atoms with Crippen molar-refractivity contribution in [2.24, 2.45) is 5.92 Å². The van der Waals surface area contributed by atoms with Crippen molar-refractivity contribution >= 4 is 28.9 Å². The molecule has 0 amide bonds. The zero-order valence-electron chi connectivity index (χ0n) is 12.1. The summed E-state index contributed by atoms with van der Waals surface area (Å²) in [5.74, 6) is 0.0536. The lowest BCUT2D eigenvalue weighted by atomic mass is 9.53. The molecule has 2 aliphatic rings. The van der Waals surface area contributed by atoms with E-state index in [4.69, 9.17) is 4.74 Å². The summed E-state index contributed by atoms with van der Waals surface area (Å²) in [7, 11) is 5.75. The minimum Gasteiger partial charge on any atom is -0.469 e. The maximum Gasteiger partial charge on any atom is 0.319 e. The number of carbonyl (C=O) groups excluding carboxylic acids is 1. The van der Waals surface area contributed by atoms with E-state index < -0.39 is 0 Å². The number of halogens is 1. The molecule has 4 nitrogen and oxygen atoms in total. The number of allylic oxidation sites excluding steroid dienone is 2. The first kappa shape index (κ1) is 15.1. The van der Waals surface area contributed by atoms with Gasteiger partial charge in [0.25, 0.3) is 0 Å². The fourth-order valence-electron chi connectivity index (χ4n) is 3.35. The van der Waals surface area contributed by atoms with Crippen LogP contribution in [0, 0.1) is 5.92 Å². The molecule has 1 aliphatic carbocycles. The Bertz CT molecular complexity index is 392. The van der Waals surface area contributed by atoms with Gasteiger partial charge in [-0.2, -0.15) is 0 Å². The molecule has 1 aliphatic heterocycles. The molecule has 0 aromatic rings. The van der Waals surface area contributed by atoms with E-state index in [0.29, 0.717) is 0 Å². The Hall–Kier alpha value is -0.325. The topological polar surface area (TPSA) is 32.8 Å². The van der Waals surface area contributed by atoms with Crippen LogP contribution in [-0.4, -0.2) is 56.9 Å². The van der Waals surface area contributed by atoms with E-state index in [1.165, 1.54) is 17.2 Å². The van der Waals surface area contributed by atoms with Gasteiger partial charge in [-0.1, -0.05) is 21.5 Å². The van der Waals surface area contributed by atoms with Gasteiger partial charge in [0.05, 0.1) is 13.0 Å². The quantitative estimate of drug-likeness (QED) is 0.573. The molecule has 0 radical (unpaired) electrons. The summed E-state index contributed by atoms with van der Waals surface area (Å²) in [5.41, 5.74) is 1.36. The molecule has 0 aromatic carbocycles. The Morgan fingerprint density at radius 1 is 1.37 bits per heavy atom. The van der Waals surface area contributed by atoms with Crippen LogP contribution in [0.1, 0.15) is 19.8 Å². The Balaban J connectivity index is 2.34. The monoisotopic (exact) mass is 328 g/mol. The van der Waals surface area contributed by atoms with Crippen LogP contribution < -0.4 is 0 Å². The van der Waals surface area contributed by atoms with E-state index in [0.717, 1.165) is 25.9 Å². The molecule has 0 bridgehead atoms. The summed E-state index contributed by atoms with van der Waals surface area (Å²) in [6.45, 7) is 4.52. The number of methoxy groups -OCH3 is 1. The average molecular weight is 329 g/mol. The van der Waals surface area contributed by atoms with Crippen molar-refractivity contribution in [2.75, 3.05) is 34.3 Å². The summed E-state index contributed by atoms with van der Waals surface area (Å²) in [6.07, 6.45) is 1.85. The van der Waals surface area contributed by atoms with Crippen LogP contribution in [0.5, 0.6) is 0 Å². The Labute approximate surface area is 124 Å². The van der Waals surface area contributed by atoms with Crippen molar-refractivity contribution in [1.29, 1.82) is 0 Å². The van der Waals surface area contributed by atoms with Crippen LogP contribution in [0.4, 0.5) is 0 Å². The van der Waals surface area contributed by atoms with Crippen molar-refractivity contribution in [3.63, 3.8) is 0 Å². The third kappa shape index (κ3) is 2.76. The molecule has 2 rings (SSSR count). The zero-order chi connectivity index (χ0) is 14.2. The van der Waals surface area contributed by atoms with Crippen LogP contribution in [0.2, 0.25) is 5.82 Å². The number of hydrogen-bond donors (Lipinski definition) is 0. The van der Waals surface area contributed by atoms with Gasteiger partial charge in [0.1, 0.15) is 0 Å². The van der Waals surface area contributed by atoms with Gasteiger partial charge in [-0.3, -0.25) is 4.79 Å². The standard InChI is InChI=1S/C13H22BBrN2O2/c1-9-5-6-10(13(18)19-4)11(12(9)15)14-16(2)7-8-17(14)3/h10-11H,5-8H2,1-4H3/t10-,11-/m1/s1. The number of carbonyl (C=O) groups is 1. The Morgan fingerprint density at radius 2 is 1.95 bits per heavy atom. The average Bonchev–Trinajstić information content (AvgIpc) is 2.72. The molecular weight excluding hydrogens is 307 g/mol. The van der Waals surface area contributed by atoms with Crippen LogP contribution in [0.3, 0.4) is 0 Å². The van der Waals surface area contributed by atoms with E-state index in [1.54, 1.807) is 0 Å². The summed E-state index contributed by atoms with van der Waals surface area (Å²) in [4.78, 5) is 16.8. The molecule has 0 saturated carbocycles. The first-order valence-electron chi connectivity index (χ1n) is 6.80. The molecule has 6 heteroatoms. The first-order valence-corrected chi connectivity index (χ1v) is 7.60. The first-order chi connectivity index (χ1) is 8.97. The highest BCUT2D eigenvalue weighted by Gasteiger charge is 2.48. The number of esters is 1. The second-order valence-corrected chi connectivity index (χ2v) is 6.55. The smallest absolute Gasteiger partial charge is 0.319 e. The van der Waals surface area contributed by atoms with Crippen LogP contribution >= 0.6 is 15.9 Å². The molecule has 1 saturated heterocycles.